The van der Waals surface area contributed by atoms with Crippen LogP contribution in [-0.4, -0.2) is 25.8 Å². The molecule has 0 radical (unpaired) electrons. The molecule has 0 amide bonds. The predicted octanol–water partition coefficient (Wildman–Crippen LogP) is 0.991. The first kappa shape index (κ1) is 11.1. The first-order valence-corrected chi connectivity index (χ1v) is 7.24. The summed E-state index contributed by atoms with van der Waals surface area (Å²) in [5, 5.41) is 1.68. The third-order valence-electron chi connectivity index (χ3n) is 2.53. The average Bonchev–Trinajstić information content (AvgIpc) is 2.89. The van der Waals surface area contributed by atoms with Crippen LogP contribution < -0.4 is 5.73 Å². The van der Waals surface area contributed by atoms with Crippen molar-refractivity contribution < 1.29 is 8.42 Å². The maximum absolute atomic E-state index is 12.1. The molecule has 1 fully saturated rings. The van der Waals surface area contributed by atoms with Crippen LogP contribution in [0.1, 0.15) is 17.7 Å². The van der Waals surface area contributed by atoms with Crippen molar-refractivity contribution in [1.29, 1.82) is 0 Å². The highest BCUT2D eigenvalue weighted by Crippen LogP contribution is 2.24. The Labute approximate surface area is 93.8 Å². The van der Waals surface area contributed by atoms with E-state index >= 15 is 0 Å². The van der Waals surface area contributed by atoms with Gasteiger partial charge in [-0.3, -0.25) is 0 Å². The summed E-state index contributed by atoms with van der Waals surface area (Å²) in [6.45, 7) is 1.70. The summed E-state index contributed by atoms with van der Waals surface area (Å²) < 4.78 is 25.7. The van der Waals surface area contributed by atoms with E-state index in [4.69, 9.17) is 5.73 Å². The van der Waals surface area contributed by atoms with Crippen molar-refractivity contribution in [1.82, 2.24) is 4.31 Å². The Balaban J connectivity index is 2.28. The van der Waals surface area contributed by atoms with Gasteiger partial charge in [0.25, 0.3) is 0 Å². The third-order valence-corrected chi connectivity index (χ3v) is 5.52. The molecule has 0 bridgehead atoms. The molecule has 84 valence electrons. The molecule has 1 saturated heterocycles. The lowest BCUT2D eigenvalue weighted by atomic mass is 10.4. The zero-order valence-corrected chi connectivity index (χ0v) is 9.98. The number of thiophene rings is 1. The molecule has 0 unspecified atom stereocenters. The van der Waals surface area contributed by atoms with Crippen molar-refractivity contribution >= 4 is 21.4 Å². The Morgan fingerprint density at radius 2 is 2.07 bits per heavy atom. The minimum atomic E-state index is -3.24. The standard InChI is InChI=1S/C9H14N2O2S2/c10-6-8-5-9(7-14-8)15(12,13)11-3-1-2-4-11/h5,7H,1-4,6,10H2. The lowest BCUT2D eigenvalue weighted by Crippen LogP contribution is -2.27. The number of nitrogens with two attached hydrogens (primary N) is 1. The Hall–Kier alpha value is -0.430. The summed E-state index contributed by atoms with van der Waals surface area (Å²) in [5.74, 6) is 0. The van der Waals surface area contributed by atoms with Crippen molar-refractivity contribution in [2.24, 2.45) is 5.73 Å². The average molecular weight is 246 g/mol. The fraction of sp³-hybridized carbons (Fsp3) is 0.556. The number of nitrogens with zero attached hydrogens (tertiary/aromatic N) is 1. The van der Waals surface area contributed by atoms with Crippen LogP contribution in [-0.2, 0) is 16.6 Å². The molecule has 1 aromatic rings. The number of hydrogen-bond acceptors (Lipinski definition) is 4. The van der Waals surface area contributed by atoms with E-state index < -0.39 is 10.0 Å². The van der Waals surface area contributed by atoms with Gasteiger partial charge in [-0.2, -0.15) is 4.31 Å². The van der Waals surface area contributed by atoms with E-state index in [2.05, 4.69) is 0 Å². The molecule has 6 heteroatoms. The van der Waals surface area contributed by atoms with Crippen LogP contribution in [0.15, 0.2) is 16.3 Å². The van der Waals surface area contributed by atoms with Crippen molar-refractivity contribution in [2.45, 2.75) is 24.3 Å². The molecule has 0 atom stereocenters. The molecular formula is C9H14N2O2S2. The smallest absolute Gasteiger partial charge is 0.243 e. The monoisotopic (exact) mass is 246 g/mol. The van der Waals surface area contributed by atoms with Crippen LogP contribution in [0.25, 0.3) is 0 Å². The molecule has 4 nitrogen and oxygen atoms in total. The fourth-order valence-electron chi connectivity index (χ4n) is 1.68. The van der Waals surface area contributed by atoms with Gasteiger partial charge in [0.05, 0.1) is 4.90 Å². The molecule has 1 aliphatic heterocycles. The van der Waals surface area contributed by atoms with Crippen LogP contribution in [0, 0.1) is 0 Å². The summed E-state index contributed by atoms with van der Waals surface area (Å²) in [5.41, 5.74) is 5.46. The quantitative estimate of drug-likeness (QED) is 0.865. The van der Waals surface area contributed by atoms with Gasteiger partial charge in [0, 0.05) is 29.9 Å². The van der Waals surface area contributed by atoms with Crippen LogP contribution in [0.2, 0.25) is 0 Å². The summed E-state index contributed by atoms with van der Waals surface area (Å²) in [7, 11) is -3.24. The second-order valence-electron chi connectivity index (χ2n) is 3.56. The predicted molar refractivity (Wildman–Crippen MR) is 60.2 cm³/mol. The van der Waals surface area contributed by atoms with Crippen LogP contribution in [0.4, 0.5) is 0 Å². The van der Waals surface area contributed by atoms with E-state index in [-0.39, 0.29) is 0 Å². The number of rotatable bonds is 3. The molecule has 2 rings (SSSR count). The van der Waals surface area contributed by atoms with Gasteiger partial charge < -0.3 is 5.73 Å². The molecular weight excluding hydrogens is 232 g/mol. The maximum Gasteiger partial charge on any atom is 0.243 e. The fourth-order valence-corrected chi connectivity index (χ4v) is 4.34. The van der Waals surface area contributed by atoms with Gasteiger partial charge in [-0.1, -0.05) is 0 Å². The van der Waals surface area contributed by atoms with Gasteiger partial charge in [0.2, 0.25) is 10.0 Å². The highest BCUT2D eigenvalue weighted by molar-refractivity contribution is 7.89. The second kappa shape index (κ2) is 4.21. The Morgan fingerprint density at radius 1 is 1.40 bits per heavy atom. The summed E-state index contributed by atoms with van der Waals surface area (Å²) in [6, 6.07) is 1.68. The highest BCUT2D eigenvalue weighted by Gasteiger charge is 2.27. The molecule has 0 aliphatic carbocycles. The molecule has 2 N–H and O–H groups in total. The maximum atomic E-state index is 12.1. The van der Waals surface area contributed by atoms with Crippen molar-refractivity contribution in [3.05, 3.63) is 16.3 Å². The van der Waals surface area contributed by atoms with E-state index in [1.54, 1.807) is 15.8 Å². The highest BCUT2D eigenvalue weighted by atomic mass is 32.2. The van der Waals surface area contributed by atoms with Gasteiger partial charge in [-0.15, -0.1) is 11.3 Å². The second-order valence-corrected chi connectivity index (χ2v) is 6.50. The van der Waals surface area contributed by atoms with Gasteiger partial charge in [0.15, 0.2) is 0 Å². The first-order chi connectivity index (χ1) is 7.14. The molecule has 15 heavy (non-hydrogen) atoms. The summed E-state index contributed by atoms with van der Waals surface area (Å²) >= 11 is 1.40. The van der Waals surface area contributed by atoms with Gasteiger partial charge in [-0.05, 0) is 18.9 Å². The minimum Gasteiger partial charge on any atom is -0.326 e. The normalized spacial score (nSPS) is 18.5. The van der Waals surface area contributed by atoms with Crippen LogP contribution in [0.3, 0.4) is 0 Å². The van der Waals surface area contributed by atoms with Gasteiger partial charge in [-0.25, -0.2) is 8.42 Å². The van der Waals surface area contributed by atoms with E-state index in [0.717, 1.165) is 17.7 Å². The molecule has 0 saturated carbocycles. The van der Waals surface area contributed by atoms with Crippen LogP contribution in [0.5, 0.6) is 0 Å². The molecule has 1 aliphatic rings. The van der Waals surface area contributed by atoms with Gasteiger partial charge in [0.1, 0.15) is 0 Å². The minimum absolute atomic E-state index is 0.398. The number of hydrogen-bond donors (Lipinski definition) is 1. The topological polar surface area (TPSA) is 63.4 Å². The first-order valence-electron chi connectivity index (χ1n) is 4.92. The molecule has 0 aromatic carbocycles. The zero-order valence-electron chi connectivity index (χ0n) is 8.35. The lowest BCUT2D eigenvalue weighted by molar-refractivity contribution is 0.478. The van der Waals surface area contributed by atoms with Crippen molar-refractivity contribution in [3.63, 3.8) is 0 Å². The Bertz CT molecular complexity index is 433. The lowest BCUT2D eigenvalue weighted by Gasteiger charge is -2.13. The zero-order chi connectivity index (χ0) is 10.9. The number of sulfonamides is 1. The summed E-state index contributed by atoms with van der Waals surface area (Å²) in [6.07, 6.45) is 1.93. The van der Waals surface area contributed by atoms with E-state index in [0.29, 0.717) is 24.5 Å². The molecule has 0 spiro atoms. The molecule has 1 aromatic heterocycles. The van der Waals surface area contributed by atoms with E-state index in [9.17, 15) is 8.42 Å². The Morgan fingerprint density at radius 3 is 2.60 bits per heavy atom. The van der Waals surface area contributed by atoms with Crippen molar-refractivity contribution in [3.8, 4) is 0 Å². The van der Waals surface area contributed by atoms with Gasteiger partial charge >= 0.3 is 0 Å². The summed E-state index contributed by atoms with van der Waals surface area (Å²) in [4.78, 5) is 1.31. The molecule has 2 heterocycles. The van der Waals surface area contributed by atoms with E-state index in [1.165, 1.54) is 11.3 Å². The van der Waals surface area contributed by atoms with Crippen LogP contribution >= 0.6 is 11.3 Å². The van der Waals surface area contributed by atoms with E-state index in [1.807, 2.05) is 0 Å². The third kappa shape index (κ3) is 2.08. The Kier molecular flexibility index (Phi) is 3.11. The van der Waals surface area contributed by atoms with Crippen molar-refractivity contribution in [2.75, 3.05) is 13.1 Å². The SMILES string of the molecule is NCc1cc(S(=O)(=O)N2CCCC2)cs1. The largest absolute Gasteiger partial charge is 0.326 e.